The largest absolute Gasteiger partial charge is 0.468 e. The Labute approximate surface area is 139 Å². The van der Waals surface area contributed by atoms with Crippen LogP contribution < -0.4 is 0 Å². The van der Waals surface area contributed by atoms with Crippen molar-refractivity contribution >= 4 is 11.5 Å². The molecule has 7 nitrogen and oxygen atoms in total. The van der Waals surface area contributed by atoms with Gasteiger partial charge in [-0.25, -0.2) is 9.50 Å². The molecule has 0 N–H and O–H groups in total. The monoisotopic (exact) mass is 325 g/mol. The van der Waals surface area contributed by atoms with Gasteiger partial charge in [0.15, 0.2) is 0 Å². The lowest BCUT2D eigenvalue weighted by Crippen LogP contribution is -2.35. The normalized spacial score (nSPS) is 16.6. The fraction of sp³-hybridized carbons (Fsp3) is 0.412. The molecule has 3 aromatic heterocycles. The molecule has 0 atom stereocenters. The molecule has 1 aliphatic carbocycles. The van der Waals surface area contributed by atoms with E-state index in [2.05, 4.69) is 10.2 Å². The van der Waals surface area contributed by atoms with Gasteiger partial charge in [-0.15, -0.1) is 0 Å². The fourth-order valence-corrected chi connectivity index (χ4v) is 3.68. The second-order valence-electron chi connectivity index (χ2n) is 6.32. The molecule has 0 bridgehead atoms. The quantitative estimate of drug-likeness (QED) is 0.690. The Hall–Kier alpha value is -2.70. The molecule has 0 radical (unpaired) electrons. The number of nitrogens with zero attached hydrogens (tertiary/aromatic N) is 5. The highest BCUT2D eigenvalue weighted by Gasteiger charge is 2.46. The second kappa shape index (κ2) is 5.43. The van der Waals surface area contributed by atoms with Crippen molar-refractivity contribution in [2.75, 3.05) is 7.11 Å². The highest BCUT2D eigenvalue weighted by Crippen LogP contribution is 2.43. The molecule has 0 saturated heterocycles. The molecule has 24 heavy (non-hydrogen) atoms. The first-order valence-electron chi connectivity index (χ1n) is 8.06. The van der Waals surface area contributed by atoms with Crippen LogP contribution in [0.5, 0.6) is 0 Å². The SMILES string of the molecule is COC(=O)C1(c2nc(-c3cnn(C)c3)cn3nccc23)CCCC1. The molecule has 1 saturated carbocycles. The second-order valence-corrected chi connectivity index (χ2v) is 6.32. The van der Waals surface area contributed by atoms with Crippen LogP contribution in [0.15, 0.2) is 30.9 Å². The minimum absolute atomic E-state index is 0.209. The summed E-state index contributed by atoms with van der Waals surface area (Å²) >= 11 is 0. The summed E-state index contributed by atoms with van der Waals surface area (Å²) in [5.74, 6) is -0.209. The minimum atomic E-state index is -0.686. The molecule has 3 heterocycles. The lowest BCUT2D eigenvalue weighted by atomic mass is 9.81. The van der Waals surface area contributed by atoms with Gasteiger partial charge in [-0.05, 0) is 18.9 Å². The van der Waals surface area contributed by atoms with Crippen LogP contribution in [0, 0.1) is 0 Å². The number of hydrogen-bond acceptors (Lipinski definition) is 5. The van der Waals surface area contributed by atoms with Crippen LogP contribution >= 0.6 is 0 Å². The average molecular weight is 325 g/mol. The van der Waals surface area contributed by atoms with Gasteiger partial charge in [-0.1, -0.05) is 12.8 Å². The number of esters is 1. The van der Waals surface area contributed by atoms with Crippen LogP contribution in [-0.4, -0.2) is 37.5 Å². The van der Waals surface area contributed by atoms with Crippen LogP contribution in [0.4, 0.5) is 0 Å². The number of ether oxygens (including phenoxy) is 1. The summed E-state index contributed by atoms with van der Waals surface area (Å²) in [5.41, 5.74) is 2.58. The standard InChI is InChI=1S/C17H19N5O2/c1-21-10-12(9-19-21)13-11-22-14(5-8-18-22)15(20-13)17(16(23)24-2)6-3-4-7-17/h5,8-11H,3-4,6-7H2,1-2H3. The van der Waals surface area contributed by atoms with Crippen molar-refractivity contribution < 1.29 is 9.53 Å². The van der Waals surface area contributed by atoms with E-state index in [0.29, 0.717) is 0 Å². The summed E-state index contributed by atoms with van der Waals surface area (Å²) in [7, 11) is 3.31. The molecule has 1 fully saturated rings. The van der Waals surface area contributed by atoms with E-state index in [-0.39, 0.29) is 5.97 Å². The number of aryl methyl sites for hydroxylation is 1. The molecule has 0 aromatic carbocycles. The van der Waals surface area contributed by atoms with Crippen molar-refractivity contribution in [3.05, 3.63) is 36.5 Å². The molecule has 124 valence electrons. The van der Waals surface area contributed by atoms with E-state index in [1.807, 2.05) is 25.5 Å². The Morgan fingerprint density at radius 2 is 2.04 bits per heavy atom. The highest BCUT2D eigenvalue weighted by atomic mass is 16.5. The maximum absolute atomic E-state index is 12.6. The average Bonchev–Trinajstić information content (AvgIpc) is 3.33. The predicted octanol–water partition coefficient (Wildman–Crippen LogP) is 2.11. The molecular formula is C17H19N5O2. The zero-order chi connectivity index (χ0) is 16.7. The van der Waals surface area contributed by atoms with Crippen molar-refractivity contribution in [3.63, 3.8) is 0 Å². The Balaban J connectivity index is 1.96. The molecule has 1 aliphatic rings. The van der Waals surface area contributed by atoms with Crippen LogP contribution in [0.25, 0.3) is 16.8 Å². The maximum atomic E-state index is 12.6. The van der Waals surface area contributed by atoms with Gasteiger partial charge in [0.1, 0.15) is 5.41 Å². The number of aromatic nitrogens is 5. The summed E-state index contributed by atoms with van der Waals surface area (Å²) in [6, 6.07) is 1.90. The first-order valence-corrected chi connectivity index (χ1v) is 8.06. The Bertz CT molecular complexity index is 905. The van der Waals surface area contributed by atoms with Crippen LogP contribution in [0.3, 0.4) is 0 Å². The van der Waals surface area contributed by atoms with Gasteiger partial charge < -0.3 is 4.74 Å². The van der Waals surface area contributed by atoms with Crippen molar-refractivity contribution in [1.29, 1.82) is 0 Å². The van der Waals surface area contributed by atoms with E-state index >= 15 is 0 Å². The molecule has 7 heteroatoms. The molecule has 3 aromatic rings. The number of hydrogen-bond donors (Lipinski definition) is 0. The Morgan fingerprint density at radius 1 is 1.25 bits per heavy atom. The topological polar surface area (TPSA) is 74.3 Å². The Morgan fingerprint density at radius 3 is 2.71 bits per heavy atom. The van der Waals surface area contributed by atoms with Gasteiger partial charge in [0.05, 0.1) is 42.6 Å². The van der Waals surface area contributed by atoms with E-state index in [1.165, 1.54) is 7.11 Å². The predicted molar refractivity (Wildman–Crippen MR) is 87.4 cm³/mol. The van der Waals surface area contributed by atoms with E-state index in [1.54, 1.807) is 21.6 Å². The molecule has 0 unspecified atom stereocenters. The number of methoxy groups -OCH3 is 1. The third-order valence-electron chi connectivity index (χ3n) is 4.88. The molecule has 0 amide bonds. The van der Waals surface area contributed by atoms with Crippen LogP contribution in [0.1, 0.15) is 31.4 Å². The van der Waals surface area contributed by atoms with E-state index < -0.39 is 5.41 Å². The molecule has 0 aliphatic heterocycles. The maximum Gasteiger partial charge on any atom is 0.317 e. The smallest absolute Gasteiger partial charge is 0.317 e. The first-order chi connectivity index (χ1) is 11.6. The minimum Gasteiger partial charge on any atom is -0.468 e. The first kappa shape index (κ1) is 14.9. The van der Waals surface area contributed by atoms with Gasteiger partial charge in [0, 0.05) is 18.8 Å². The lowest BCUT2D eigenvalue weighted by molar-refractivity contribution is -0.147. The summed E-state index contributed by atoms with van der Waals surface area (Å²) in [6.45, 7) is 0. The van der Waals surface area contributed by atoms with E-state index in [4.69, 9.17) is 9.72 Å². The van der Waals surface area contributed by atoms with Gasteiger partial charge >= 0.3 is 5.97 Å². The summed E-state index contributed by atoms with van der Waals surface area (Å²) in [6.07, 6.45) is 10.8. The van der Waals surface area contributed by atoms with Crippen molar-refractivity contribution in [3.8, 4) is 11.3 Å². The Kier molecular flexibility index (Phi) is 3.37. The van der Waals surface area contributed by atoms with E-state index in [9.17, 15) is 4.79 Å². The van der Waals surface area contributed by atoms with Gasteiger partial charge in [0.25, 0.3) is 0 Å². The van der Waals surface area contributed by atoms with Crippen molar-refractivity contribution in [2.24, 2.45) is 7.05 Å². The summed E-state index contributed by atoms with van der Waals surface area (Å²) in [4.78, 5) is 17.5. The van der Waals surface area contributed by atoms with Crippen molar-refractivity contribution in [1.82, 2.24) is 24.4 Å². The number of carbonyl (C=O) groups is 1. The fourth-order valence-electron chi connectivity index (χ4n) is 3.68. The summed E-state index contributed by atoms with van der Waals surface area (Å²) < 4.78 is 8.66. The van der Waals surface area contributed by atoms with Gasteiger partial charge in [-0.2, -0.15) is 10.2 Å². The van der Waals surface area contributed by atoms with Crippen LogP contribution in [-0.2, 0) is 22.0 Å². The van der Waals surface area contributed by atoms with Gasteiger partial charge in [-0.3, -0.25) is 9.48 Å². The zero-order valence-electron chi connectivity index (χ0n) is 13.8. The highest BCUT2D eigenvalue weighted by molar-refractivity contribution is 5.86. The number of carbonyl (C=O) groups excluding carboxylic acids is 1. The molecule has 0 spiro atoms. The zero-order valence-corrected chi connectivity index (χ0v) is 13.8. The van der Waals surface area contributed by atoms with Gasteiger partial charge in [0.2, 0.25) is 0 Å². The molecular weight excluding hydrogens is 306 g/mol. The van der Waals surface area contributed by atoms with Crippen LogP contribution in [0.2, 0.25) is 0 Å². The number of rotatable bonds is 3. The number of fused-ring (bicyclic) bond motifs is 1. The van der Waals surface area contributed by atoms with E-state index in [0.717, 1.165) is 48.2 Å². The van der Waals surface area contributed by atoms with Crippen molar-refractivity contribution in [2.45, 2.75) is 31.1 Å². The summed E-state index contributed by atoms with van der Waals surface area (Å²) in [5, 5.41) is 8.57. The third-order valence-corrected chi connectivity index (χ3v) is 4.88. The third kappa shape index (κ3) is 2.11. The molecule has 4 rings (SSSR count). The lowest BCUT2D eigenvalue weighted by Gasteiger charge is -2.26.